The number of aliphatic hydroxyl groups excluding tert-OH is 1. The first kappa shape index (κ1) is 16.9. The Kier molecular flexibility index (Phi) is 8.19. The largest absolute Gasteiger partial charge is 0.435 e. The van der Waals surface area contributed by atoms with Gasteiger partial charge in [0.25, 0.3) is 0 Å². The van der Waals surface area contributed by atoms with Crippen LogP contribution in [-0.2, 0) is 0 Å². The van der Waals surface area contributed by atoms with Gasteiger partial charge in [-0.25, -0.2) is 0 Å². The Morgan fingerprint density at radius 2 is 1.80 bits per heavy atom. The number of unbranched alkanes of at least 4 members (excludes halogenated alkanes) is 5. The molecule has 0 aliphatic rings. The first-order valence-electron chi connectivity index (χ1n) is 7.36. The summed E-state index contributed by atoms with van der Waals surface area (Å²) in [4.78, 5) is 0. The van der Waals surface area contributed by atoms with Crippen LogP contribution in [0.2, 0.25) is 0 Å². The summed E-state index contributed by atoms with van der Waals surface area (Å²) in [5.41, 5.74) is 0.636. The summed E-state index contributed by atoms with van der Waals surface area (Å²) < 4.78 is 28.6. The molecule has 0 spiro atoms. The Balaban J connectivity index is 2.33. The molecule has 0 fully saturated rings. The lowest BCUT2D eigenvalue weighted by atomic mass is 10.0. The molecule has 1 aromatic carbocycles. The van der Waals surface area contributed by atoms with Crippen LogP contribution in [0, 0.1) is 0 Å². The van der Waals surface area contributed by atoms with Crippen LogP contribution in [0.25, 0.3) is 0 Å². The van der Waals surface area contributed by atoms with E-state index in [-0.39, 0.29) is 5.75 Å². The highest BCUT2D eigenvalue weighted by atomic mass is 19.3. The van der Waals surface area contributed by atoms with Gasteiger partial charge in [0, 0.05) is 0 Å². The number of aliphatic hydroxyl groups is 1. The van der Waals surface area contributed by atoms with Crippen molar-refractivity contribution < 1.29 is 18.6 Å². The van der Waals surface area contributed by atoms with Gasteiger partial charge >= 0.3 is 6.61 Å². The number of ether oxygens (including phenoxy) is 1. The highest BCUT2D eigenvalue weighted by Gasteiger charge is 2.10. The zero-order valence-corrected chi connectivity index (χ0v) is 12.0. The van der Waals surface area contributed by atoms with Crippen molar-refractivity contribution in [2.75, 3.05) is 0 Å². The summed E-state index contributed by atoms with van der Waals surface area (Å²) in [5.74, 6) is 0.0968. The molecule has 0 aromatic heterocycles. The molecular formula is C16H24F2O2. The molecule has 114 valence electrons. The third-order valence-corrected chi connectivity index (χ3v) is 3.30. The van der Waals surface area contributed by atoms with E-state index in [0.29, 0.717) is 12.0 Å². The van der Waals surface area contributed by atoms with Crippen LogP contribution in [0.5, 0.6) is 5.75 Å². The maximum absolute atomic E-state index is 12.1. The molecule has 20 heavy (non-hydrogen) atoms. The molecule has 0 amide bonds. The van der Waals surface area contributed by atoms with Gasteiger partial charge in [0.2, 0.25) is 0 Å². The van der Waals surface area contributed by atoms with Crippen LogP contribution in [0.3, 0.4) is 0 Å². The third kappa shape index (κ3) is 6.85. The molecule has 0 bridgehead atoms. The Bertz CT molecular complexity index is 369. The fourth-order valence-electron chi connectivity index (χ4n) is 2.18. The SMILES string of the molecule is CCCCCCCCC(O)c1cccc(OC(F)F)c1. The van der Waals surface area contributed by atoms with Gasteiger partial charge in [-0.15, -0.1) is 0 Å². The summed E-state index contributed by atoms with van der Waals surface area (Å²) in [5, 5.41) is 10.0. The highest BCUT2D eigenvalue weighted by Crippen LogP contribution is 2.24. The van der Waals surface area contributed by atoms with E-state index < -0.39 is 12.7 Å². The van der Waals surface area contributed by atoms with Crippen molar-refractivity contribution in [1.29, 1.82) is 0 Å². The molecule has 4 heteroatoms. The first-order valence-corrected chi connectivity index (χ1v) is 7.36. The summed E-state index contributed by atoms with van der Waals surface area (Å²) in [6.45, 7) is -0.654. The Morgan fingerprint density at radius 1 is 1.10 bits per heavy atom. The van der Waals surface area contributed by atoms with Gasteiger partial charge in [-0.3, -0.25) is 0 Å². The predicted octanol–water partition coefficient (Wildman–Crippen LogP) is 5.07. The first-order chi connectivity index (χ1) is 9.63. The molecule has 1 rings (SSSR count). The monoisotopic (exact) mass is 286 g/mol. The molecule has 1 atom stereocenters. The summed E-state index contributed by atoms with van der Waals surface area (Å²) in [6, 6.07) is 6.30. The zero-order chi connectivity index (χ0) is 14.8. The van der Waals surface area contributed by atoms with E-state index in [2.05, 4.69) is 11.7 Å². The fourth-order valence-corrected chi connectivity index (χ4v) is 2.18. The molecule has 1 N–H and O–H groups in total. The number of hydrogen-bond donors (Lipinski definition) is 1. The molecule has 2 nitrogen and oxygen atoms in total. The normalized spacial score (nSPS) is 12.7. The molecule has 1 unspecified atom stereocenters. The molecule has 0 saturated carbocycles. The number of rotatable bonds is 10. The number of halogens is 2. The van der Waals surface area contributed by atoms with Crippen molar-refractivity contribution in [3.63, 3.8) is 0 Å². The van der Waals surface area contributed by atoms with E-state index in [9.17, 15) is 13.9 Å². The summed E-state index contributed by atoms with van der Waals surface area (Å²) in [6.07, 6.45) is 7.01. The van der Waals surface area contributed by atoms with Gasteiger partial charge in [-0.05, 0) is 24.1 Å². The second-order valence-corrected chi connectivity index (χ2v) is 5.02. The van der Waals surface area contributed by atoms with E-state index in [1.54, 1.807) is 12.1 Å². The Labute approximate surface area is 119 Å². The summed E-state index contributed by atoms with van der Waals surface area (Å²) in [7, 11) is 0. The standard InChI is InChI=1S/C16H24F2O2/c1-2-3-4-5-6-7-11-15(19)13-9-8-10-14(12-13)20-16(17)18/h8-10,12,15-16,19H,2-7,11H2,1H3. The average molecular weight is 286 g/mol. The number of alkyl halides is 2. The van der Waals surface area contributed by atoms with Crippen molar-refractivity contribution in [3.05, 3.63) is 29.8 Å². The van der Waals surface area contributed by atoms with Gasteiger partial charge in [-0.1, -0.05) is 57.6 Å². The van der Waals surface area contributed by atoms with Crippen LogP contribution in [-0.4, -0.2) is 11.7 Å². The van der Waals surface area contributed by atoms with Crippen molar-refractivity contribution >= 4 is 0 Å². The quantitative estimate of drug-likeness (QED) is 0.608. The fraction of sp³-hybridized carbons (Fsp3) is 0.625. The highest BCUT2D eigenvalue weighted by molar-refractivity contribution is 5.29. The van der Waals surface area contributed by atoms with Crippen LogP contribution in [0.15, 0.2) is 24.3 Å². The van der Waals surface area contributed by atoms with Crippen LogP contribution < -0.4 is 4.74 Å². The second-order valence-electron chi connectivity index (χ2n) is 5.02. The van der Waals surface area contributed by atoms with Gasteiger partial charge in [-0.2, -0.15) is 8.78 Å². The smallest absolute Gasteiger partial charge is 0.387 e. The van der Waals surface area contributed by atoms with Crippen molar-refractivity contribution in [2.45, 2.75) is 64.6 Å². The van der Waals surface area contributed by atoms with E-state index >= 15 is 0 Å². The maximum Gasteiger partial charge on any atom is 0.387 e. The van der Waals surface area contributed by atoms with Gasteiger partial charge in [0.05, 0.1) is 6.10 Å². The summed E-state index contributed by atoms with van der Waals surface area (Å²) >= 11 is 0. The molecule has 0 heterocycles. The third-order valence-electron chi connectivity index (χ3n) is 3.30. The molecule has 0 radical (unpaired) electrons. The van der Waals surface area contributed by atoms with E-state index in [1.165, 1.54) is 37.8 Å². The minimum Gasteiger partial charge on any atom is -0.435 e. The molecule has 0 aliphatic carbocycles. The van der Waals surface area contributed by atoms with E-state index in [4.69, 9.17) is 0 Å². The Morgan fingerprint density at radius 3 is 2.50 bits per heavy atom. The average Bonchev–Trinajstić information content (AvgIpc) is 2.42. The zero-order valence-electron chi connectivity index (χ0n) is 12.0. The van der Waals surface area contributed by atoms with Crippen molar-refractivity contribution in [3.8, 4) is 5.75 Å². The number of benzene rings is 1. The van der Waals surface area contributed by atoms with Crippen LogP contribution in [0.4, 0.5) is 8.78 Å². The second kappa shape index (κ2) is 9.70. The Hall–Kier alpha value is -1.16. The van der Waals surface area contributed by atoms with E-state index in [1.807, 2.05) is 0 Å². The maximum atomic E-state index is 12.1. The predicted molar refractivity (Wildman–Crippen MR) is 76.0 cm³/mol. The van der Waals surface area contributed by atoms with Crippen molar-refractivity contribution in [1.82, 2.24) is 0 Å². The minimum absolute atomic E-state index is 0.0968. The van der Waals surface area contributed by atoms with Crippen molar-refractivity contribution in [2.24, 2.45) is 0 Å². The molecular weight excluding hydrogens is 262 g/mol. The molecule has 0 saturated heterocycles. The van der Waals surface area contributed by atoms with Gasteiger partial charge in [0.1, 0.15) is 5.75 Å². The number of hydrogen-bond acceptors (Lipinski definition) is 2. The minimum atomic E-state index is -2.83. The van der Waals surface area contributed by atoms with Gasteiger partial charge < -0.3 is 9.84 Å². The lowest BCUT2D eigenvalue weighted by molar-refractivity contribution is -0.0499. The lowest BCUT2D eigenvalue weighted by Crippen LogP contribution is -2.03. The van der Waals surface area contributed by atoms with Crippen LogP contribution >= 0.6 is 0 Å². The molecule has 1 aromatic rings. The molecule has 0 aliphatic heterocycles. The van der Waals surface area contributed by atoms with Gasteiger partial charge in [0.15, 0.2) is 0 Å². The van der Waals surface area contributed by atoms with Crippen LogP contribution in [0.1, 0.15) is 63.5 Å². The van der Waals surface area contributed by atoms with E-state index in [0.717, 1.165) is 12.8 Å². The lowest BCUT2D eigenvalue weighted by Gasteiger charge is -2.12. The topological polar surface area (TPSA) is 29.5 Å².